The molecule has 0 unspecified atom stereocenters. The third-order valence-electron chi connectivity index (χ3n) is 2.83. The lowest BCUT2D eigenvalue weighted by molar-refractivity contribution is -0.116. The van der Waals surface area contributed by atoms with E-state index in [4.69, 9.17) is 0 Å². The van der Waals surface area contributed by atoms with Gasteiger partial charge in [0, 0.05) is 24.1 Å². The van der Waals surface area contributed by atoms with E-state index in [-0.39, 0.29) is 5.78 Å². The summed E-state index contributed by atoms with van der Waals surface area (Å²) in [4.78, 5) is 13.0. The van der Waals surface area contributed by atoms with Crippen molar-refractivity contribution in [2.45, 2.75) is 31.7 Å². The van der Waals surface area contributed by atoms with E-state index in [1.54, 1.807) is 18.0 Å². The van der Waals surface area contributed by atoms with E-state index < -0.39 is 0 Å². The van der Waals surface area contributed by atoms with Crippen LogP contribution in [-0.4, -0.2) is 21.3 Å². The normalized spacial score (nSPS) is 10.6. The van der Waals surface area contributed by atoms with Gasteiger partial charge in [-0.15, -0.1) is 11.8 Å². The predicted octanol–water partition coefficient (Wildman–Crippen LogP) is 3.12. The van der Waals surface area contributed by atoms with Crippen molar-refractivity contribution in [1.29, 1.82) is 0 Å². The minimum absolute atomic E-state index is 0.237. The van der Waals surface area contributed by atoms with Gasteiger partial charge in [-0.1, -0.05) is 17.7 Å². The highest BCUT2D eigenvalue weighted by molar-refractivity contribution is 8.00. The Hall–Kier alpha value is -1.55. The molecule has 0 spiro atoms. The van der Waals surface area contributed by atoms with E-state index >= 15 is 0 Å². The summed E-state index contributed by atoms with van der Waals surface area (Å²) >= 11 is 1.59. The van der Waals surface area contributed by atoms with Gasteiger partial charge in [0.2, 0.25) is 0 Å². The van der Waals surface area contributed by atoms with Crippen LogP contribution in [0.25, 0.3) is 0 Å². The number of nitrogens with zero attached hydrogens (tertiary/aromatic N) is 2. The number of Topliss-reactive ketones (excluding diaryl/α,β-unsaturated/α-hetero) is 1. The quantitative estimate of drug-likeness (QED) is 0.759. The molecular formula is C15H18N2OS. The first kappa shape index (κ1) is 13.9. The van der Waals surface area contributed by atoms with Gasteiger partial charge in [0.05, 0.1) is 11.9 Å². The number of carbonyl (C=O) groups is 1. The summed E-state index contributed by atoms with van der Waals surface area (Å²) in [6.45, 7) is 4.93. The summed E-state index contributed by atoms with van der Waals surface area (Å²) in [5.74, 6) is 0.752. The molecule has 19 heavy (non-hydrogen) atoms. The van der Waals surface area contributed by atoms with Crippen LogP contribution in [0.2, 0.25) is 0 Å². The highest BCUT2D eigenvalue weighted by Gasteiger charge is 2.06. The molecule has 0 fully saturated rings. The maximum Gasteiger partial charge on any atom is 0.147 e. The number of aryl methyl sites for hydroxylation is 2. The first-order valence-electron chi connectivity index (χ1n) is 6.40. The van der Waals surface area contributed by atoms with Crippen LogP contribution in [0.4, 0.5) is 0 Å². The molecule has 0 saturated carbocycles. The number of hydrogen-bond acceptors (Lipinski definition) is 3. The summed E-state index contributed by atoms with van der Waals surface area (Å²) in [5.41, 5.74) is 2.24. The lowest BCUT2D eigenvalue weighted by atomic mass is 10.2. The molecule has 0 aliphatic heterocycles. The molecular weight excluding hydrogens is 256 g/mol. The van der Waals surface area contributed by atoms with Crippen molar-refractivity contribution in [3.63, 3.8) is 0 Å². The fourth-order valence-corrected chi connectivity index (χ4v) is 2.51. The number of benzene rings is 1. The molecule has 2 rings (SSSR count). The van der Waals surface area contributed by atoms with Crippen molar-refractivity contribution in [2.24, 2.45) is 0 Å². The Morgan fingerprint density at radius 2 is 2.05 bits per heavy atom. The Morgan fingerprint density at radius 1 is 1.32 bits per heavy atom. The van der Waals surface area contributed by atoms with Gasteiger partial charge in [-0.2, -0.15) is 5.10 Å². The van der Waals surface area contributed by atoms with Gasteiger partial charge in [0.1, 0.15) is 5.78 Å². The van der Waals surface area contributed by atoms with Crippen molar-refractivity contribution in [3.05, 3.63) is 47.8 Å². The van der Waals surface area contributed by atoms with Crippen LogP contribution in [-0.2, 0) is 17.8 Å². The Balaban J connectivity index is 1.82. The second-order valence-corrected chi connectivity index (χ2v) is 5.57. The molecule has 0 atom stereocenters. The highest BCUT2D eigenvalue weighted by atomic mass is 32.2. The van der Waals surface area contributed by atoms with Crippen LogP contribution in [0.3, 0.4) is 0 Å². The molecule has 0 saturated heterocycles. The molecule has 0 aliphatic carbocycles. The van der Waals surface area contributed by atoms with Crippen LogP contribution in [0, 0.1) is 6.92 Å². The lowest BCUT2D eigenvalue weighted by Gasteiger charge is -2.01. The number of rotatable bonds is 6. The summed E-state index contributed by atoms with van der Waals surface area (Å²) in [7, 11) is 0. The van der Waals surface area contributed by atoms with Crippen LogP contribution in [0.15, 0.2) is 41.6 Å². The molecule has 0 N–H and O–H groups in total. The summed E-state index contributed by atoms with van der Waals surface area (Å²) in [5, 5.41) is 4.17. The number of aromatic nitrogens is 2. The molecule has 0 aliphatic rings. The molecule has 100 valence electrons. The molecule has 2 aromatic rings. The van der Waals surface area contributed by atoms with Gasteiger partial charge < -0.3 is 0 Å². The third kappa shape index (κ3) is 4.24. The molecule has 0 radical (unpaired) electrons. The van der Waals surface area contributed by atoms with E-state index in [0.29, 0.717) is 12.2 Å². The van der Waals surface area contributed by atoms with E-state index in [1.807, 2.05) is 17.8 Å². The third-order valence-corrected chi connectivity index (χ3v) is 3.90. The minimum atomic E-state index is 0.237. The Morgan fingerprint density at radius 3 is 2.68 bits per heavy atom. The van der Waals surface area contributed by atoms with E-state index in [9.17, 15) is 4.79 Å². The number of hydrogen-bond donors (Lipinski definition) is 0. The molecule has 0 amide bonds. The van der Waals surface area contributed by atoms with Gasteiger partial charge in [0.25, 0.3) is 0 Å². The molecule has 1 aromatic carbocycles. The van der Waals surface area contributed by atoms with Gasteiger partial charge in [-0.3, -0.25) is 9.48 Å². The second-order valence-electron chi connectivity index (χ2n) is 4.52. The fraction of sp³-hybridized carbons (Fsp3) is 0.333. The molecule has 0 bridgehead atoms. The van der Waals surface area contributed by atoms with Crippen molar-refractivity contribution >= 4 is 17.5 Å². The lowest BCUT2D eigenvalue weighted by Crippen LogP contribution is -2.05. The summed E-state index contributed by atoms with van der Waals surface area (Å²) in [6, 6.07) is 8.25. The Labute approximate surface area is 118 Å². The van der Waals surface area contributed by atoms with Crippen LogP contribution >= 0.6 is 11.8 Å². The van der Waals surface area contributed by atoms with Crippen LogP contribution < -0.4 is 0 Å². The molecule has 1 aromatic heterocycles. The maximum atomic E-state index is 11.9. The van der Waals surface area contributed by atoms with Gasteiger partial charge >= 0.3 is 0 Å². The zero-order valence-electron chi connectivity index (χ0n) is 11.3. The van der Waals surface area contributed by atoms with Gasteiger partial charge in [0.15, 0.2) is 0 Å². The Bertz CT molecular complexity index is 546. The molecule has 3 nitrogen and oxygen atoms in total. The Kier molecular flexibility index (Phi) is 4.80. The van der Waals surface area contributed by atoms with Crippen molar-refractivity contribution in [3.8, 4) is 0 Å². The van der Waals surface area contributed by atoms with Gasteiger partial charge in [-0.05, 0) is 31.5 Å². The van der Waals surface area contributed by atoms with Crippen LogP contribution in [0.1, 0.15) is 18.1 Å². The SMILES string of the molecule is CCn1cc(CC(=O)CSc2ccc(C)cc2)cn1. The highest BCUT2D eigenvalue weighted by Crippen LogP contribution is 2.18. The first-order valence-corrected chi connectivity index (χ1v) is 7.38. The standard InChI is InChI=1S/C15H18N2OS/c1-3-17-10-13(9-16-17)8-14(18)11-19-15-6-4-12(2)5-7-15/h4-7,9-10H,3,8,11H2,1-2H3. The maximum absolute atomic E-state index is 11.9. The second kappa shape index (κ2) is 6.57. The number of ketones is 1. The monoisotopic (exact) mass is 274 g/mol. The smallest absolute Gasteiger partial charge is 0.147 e. The largest absolute Gasteiger partial charge is 0.298 e. The topological polar surface area (TPSA) is 34.9 Å². The van der Waals surface area contributed by atoms with Crippen LogP contribution in [0.5, 0.6) is 0 Å². The van der Waals surface area contributed by atoms with Crippen molar-refractivity contribution in [2.75, 3.05) is 5.75 Å². The first-order chi connectivity index (χ1) is 9.17. The summed E-state index contributed by atoms with van der Waals surface area (Å²) < 4.78 is 1.84. The molecule has 1 heterocycles. The van der Waals surface area contributed by atoms with E-state index in [0.717, 1.165) is 17.0 Å². The zero-order valence-corrected chi connectivity index (χ0v) is 12.1. The minimum Gasteiger partial charge on any atom is -0.298 e. The zero-order chi connectivity index (χ0) is 13.7. The van der Waals surface area contributed by atoms with E-state index in [2.05, 4.69) is 36.3 Å². The number of thioether (sulfide) groups is 1. The molecule has 4 heteroatoms. The van der Waals surface area contributed by atoms with Gasteiger partial charge in [-0.25, -0.2) is 0 Å². The predicted molar refractivity (Wildman–Crippen MR) is 78.5 cm³/mol. The average molecular weight is 274 g/mol. The van der Waals surface area contributed by atoms with E-state index in [1.165, 1.54) is 5.56 Å². The van der Waals surface area contributed by atoms with Crippen molar-refractivity contribution < 1.29 is 4.79 Å². The fourth-order valence-electron chi connectivity index (χ4n) is 1.75. The number of carbonyl (C=O) groups excluding carboxylic acids is 1. The average Bonchev–Trinajstić information content (AvgIpc) is 2.86. The summed E-state index contributed by atoms with van der Waals surface area (Å²) in [6.07, 6.45) is 4.19. The van der Waals surface area contributed by atoms with Crippen molar-refractivity contribution in [1.82, 2.24) is 9.78 Å².